The van der Waals surface area contributed by atoms with Gasteiger partial charge in [-0.15, -0.1) is 24.8 Å². The minimum atomic E-state index is 0. The molecular weight excluding hydrogens is 587 g/mol. The number of anilines is 1. The molecule has 0 aliphatic carbocycles. The summed E-state index contributed by atoms with van der Waals surface area (Å²) in [6.07, 6.45) is 3.13. The van der Waals surface area contributed by atoms with Crippen molar-refractivity contribution in [2.75, 3.05) is 57.4 Å². The van der Waals surface area contributed by atoms with E-state index in [1.54, 1.807) is 0 Å². The van der Waals surface area contributed by atoms with E-state index >= 15 is 0 Å². The lowest BCUT2D eigenvalue weighted by Crippen LogP contribution is -2.47. The average molecular weight is 628 g/mol. The van der Waals surface area contributed by atoms with Gasteiger partial charge in [-0.25, -0.2) is 0 Å². The van der Waals surface area contributed by atoms with Gasteiger partial charge in [0, 0.05) is 62.0 Å². The zero-order valence-electron chi connectivity index (χ0n) is 23.3. The molecule has 5 rings (SSSR count). The highest BCUT2D eigenvalue weighted by atomic mass is 35.5. The van der Waals surface area contributed by atoms with E-state index < -0.39 is 0 Å². The van der Waals surface area contributed by atoms with E-state index in [0.29, 0.717) is 50.8 Å². The van der Waals surface area contributed by atoms with Crippen LogP contribution in [-0.2, 0) is 27.4 Å². The van der Waals surface area contributed by atoms with Gasteiger partial charge in [0.05, 0.1) is 26.4 Å². The van der Waals surface area contributed by atoms with Gasteiger partial charge in [-0.05, 0) is 67.0 Å². The van der Waals surface area contributed by atoms with Crippen molar-refractivity contribution in [3.8, 4) is 5.75 Å². The highest BCUT2D eigenvalue weighted by molar-refractivity contribution is 6.30. The summed E-state index contributed by atoms with van der Waals surface area (Å²) in [6, 6.07) is 13.9. The molecule has 0 radical (unpaired) electrons. The molecule has 8 nitrogen and oxygen atoms in total. The van der Waals surface area contributed by atoms with E-state index in [0.717, 1.165) is 68.1 Å². The molecule has 2 saturated heterocycles. The molecule has 2 fully saturated rings. The predicted octanol–water partition coefficient (Wildman–Crippen LogP) is 4.45. The molecule has 0 unspecified atom stereocenters. The predicted molar refractivity (Wildman–Crippen MR) is 166 cm³/mol. The number of nitrogens with one attached hydrogen (secondary N) is 2. The minimum absolute atomic E-state index is 0. The third kappa shape index (κ3) is 9.38. The van der Waals surface area contributed by atoms with E-state index in [2.05, 4.69) is 33.7 Å². The lowest BCUT2D eigenvalue weighted by Gasteiger charge is -2.38. The van der Waals surface area contributed by atoms with Crippen LogP contribution in [0.2, 0.25) is 5.02 Å². The Morgan fingerprint density at radius 2 is 1.76 bits per heavy atom. The summed E-state index contributed by atoms with van der Waals surface area (Å²) in [5.74, 6) is 1.57. The Labute approximate surface area is 260 Å². The maximum Gasteiger partial charge on any atom is 0.236 e. The molecule has 2 N–H and O–H groups in total. The average Bonchev–Trinajstić information content (AvgIpc) is 2.97. The smallest absolute Gasteiger partial charge is 0.236 e. The molecule has 2 aromatic rings. The van der Waals surface area contributed by atoms with Crippen molar-refractivity contribution in [1.82, 2.24) is 15.5 Å². The molecule has 3 heterocycles. The number of ether oxygens (including phenoxy) is 2. The fraction of sp³-hybridized carbons (Fsp3) is 0.533. The van der Waals surface area contributed by atoms with Gasteiger partial charge in [-0.3, -0.25) is 9.59 Å². The van der Waals surface area contributed by atoms with Crippen LogP contribution >= 0.6 is 36.4 Å². The van der Waals surface area contributed by atoms with E-state index in [9.17, 15) is 9.59 Å². The molecule has 2 aromatic carbocycles. The van der Waals surface area contributed by atoms with Gasteiger partial charge in [-0.1, -0.05) is 23.7 Å². The van der Waals surface area contributed by atoms with Gasteiger partial charge in [0.25, 0.3) is 0 Å². The summed E-state index contributed by atoms with van der Waals surface area (Å²) in [5, 5.41) is 7.10. The highest BCUT2D eigenvalue weighted by Crippen LogP contribution is 2.31. The van der Waals surface area contributed by atoms with E-state index in [-0.39, 0.29) is 48.5 Å². The minimum Gasteiger partial charge on any atom is -0.493 e. The van der Waals surface area contributed by atoms with Crippen LogP contribution in [-0.4, -0.2) is 69.3 Å². The Morgan fingerprint density at radius 3 is 2.54 bits per heavy atom. The highest BCUT2D eigenvalue weighted by Gasteiger charge is 2.32. The molecule has 0 saturated carbocycles. The van der Waals surface area contributed by atoms with Gasteiger partial charge < -0.3 is 29.9 Å². The summed E-state index contributed by atoms with van der Waals surface area (Å²) in [5.41, 5.74) is 3.26. The molecule has 3 aliphatic rings. The largest absolute Gasteiger partial charge is 0.493 e. The first-order chi connectivity index (χ1) is 19.0. The van der Waals surface area contributed by atoms with Crippen molar-refractivity contribution < 1.29 is 19.1 Å². The van der Waals surface area contributed by atoms with Crippen LogP contribution in [0, 0.1) is 11.8 Å². The van der Waals surface area contributed by atoms with Gasteiger partial charge in [-0.2, -0.15) is 0 Å². The molecule has 2 bridgehead atoms. The van der Waals surface area contributed by atoms with E-state index in [1.807, 2.05) is 29.2 Å². The second kappa shape index (κ2) is 16.4. The first-order valence-corrected chi connectivity index (χ1v) is 14.5. The van der Waals surface area contributed by atoms with Crippen molar-refractivity contribution in [3.63, 3.8) is 0 Å². The van der Waals surface area contributed by atoms with Crippen molar-refractivity contribution >= 4 is 53.9 Å². The van der Waals surface area contributed by atoms with Crippen LogP contribution in [0.15, 0.2) is 42.5 Å². The molecule has 41 heavy (non-hydrogen) atoms. The Bertz CT molecular complexity index is 1130. The molecular formula is C30H41Cl3N4O4. The zero-order chi connectivity index (χ0) is 27.0. The topological polar surface area (TPSA) is 83.1 Å². The van der Waals surface area contributed by atoms with Crippen molar-refractivity contribution in [2.24, 2.45) is 11.8 Å². The molecule has 226 valence electrons. The Kier molecular flexibility index (Phi) is 13.3. The van der Waals surface area contributed by atoms with Gasteiger partial charge >= 0.3 is 0 Å². The first kappa shape index (κ1) is 33.3. The van der Waals surface area contributed by atoms with Crippen LogP contribution in [0.3, 0.4) is 0 Å². The second-order valence-corrected chi connectivity index (χ2v) is 11.2. The van der Waals surface area contributed by atoms with E-state index in [1.165, 1.54) is 0 Å². The standard InChI is InChI=1S/C30H39ClN4O4.2ClH/c31-26-5-3-22(4-6-26)18-33-29(36)17-23-9-10-35-21-24(23)2-1-13-39-28-8-7-27(34-11-14-38-15-12-34)16-25(28)19-32-20-30(35)37;;/h3-8,16,23-24,32H,1-2,9-15,17-21H2,(H,33,36);2*1H/t23-,24-;;/m0../s1. The second-order valence-electron chi connectivity index (χ2n) is 10.7. The third-order valence-corrected chi connectivity index (χ3v) is 8.34. The number of rotatable bonds is 5. The molecule has 0 spiro atoms. The van der Waals surface area contributed by atoms with Crippen LogP contribution in [0.5, 0.6) is 5.75 Å². The molecule has 3 aliphatic heterocycles. The zero-order valence-corrected chi connectivity index (χ0v) is 25.7. The summed E-state index contributed by atoms with van der Waals surface area (Å²) in [7, 11) is 0. The summed E-state index contributed by atoms with van der Waals surface area (Å²) >= 11 is 5.96. The first-order valence-electron chi connectivity index (χ1n) is 14.1. The number of halogens is 3. The number of carbonyl (C=O) groups is 2. The maximum absolute atomic E-state index is 13.1. The van der Waals surface area contributed by atoms with Crippen LogP contribution < -0.4 is 20.3 Å². The number of morpholine rings is 1. The number of hydrogen-bond donors (Lipinski definition) is 2. The number of nitrogens with zero attached hydrogens (tertiary/aromatic N) is 2. The quantitative estimate of drug-likeness (QED) is 0.510. The number of fused-ring (bicyclic) bond motifs is 3. The van der Waals surface area contributed by atoms with Crippen molar-refractivity contribution in [2.45, 2.75) is 38.8 Å². The van der Waals surface area contributed by atoms with Crippen molar-refractivity contribution in [1.29, 1.82) is 0 Å². The Hall–Kier alpha value is -2.23. The summed E-state index contributed by atoms with van der Waals surface area (Å²) in [6.45, 7) is 6.60. The Morgan fingerprint density at radius 1 is 0.976 bits per heavy atom. The summed E-state index contributed by atoms with van der Waals surface area (Å²) in [4.78, 5) is 30.2. The lowest BCUT2D eigenvalue weighted by atomic mass is 9.80. The summed E-state index contributed by atoms with van der Waals surface area (Å²) < 4.78 is 11.8. The molecule has 2 atom stereocenters. The van der Waals surface area contributed by atoms with Gasteiger partial charge in [0.15, 0.2) is 0 Å². The number of amides is 2. The maximum atomic E-state index is 13.1. The number of benzene rings is 2. The molecule has 2 amide bonds. The van der Waals surface area contributed by atoms with Gasteiger partial charge in [0.2, 0.25) is 11.8 Å². The third-order valence-electron chi connectivity index (χ3n) is 8.08. The molecule has 0 aromatic heterocycles. The van der Waals surface area contributed by atoms with Gasteiger partial charge in [0.1, 0.15) is 5.75 Å². The fourth-order valence-corrected chi connectivity index (χ4v) is 5.95. The normalized spacial score (nSPS) is 21.4. The van der Waals surface area contributed by atoms with E-state index in [4.69, 9.17) is 21.1 Å². The van der Waals surface area contributed by atoms with Crippen LogP contribution in [0.4, 0.5) is 5.69 Å². The van der Waals surface area contributed by atoms with Crippen molar-refractivity contribution in [3.05, 3.63) is 58.6 Å². The number of hydrogen-bond acceptors (Lipinski definition) is 6. The number of carbonyl (C=O) groups excluding carboxylic acids is 2. The lowest BCUT2D eigenvalue weighted by molar-refractivity contribution is -0.133. The van der Waals surface area contributed by atoms with Crippen LogP contribution in [0.25, 0.3) is 0 Å². The monoisotopic (exact) mass is 626 g/mol. The number of piperidine rings is 1. The Balaban J connectivity index is 0.00000231. The fourth-order valence-electron chi connectivity index (χ4n) is 5.82. The van der Waals surface area contributed by atoms with Crippen LogP contribution in [0.1, 0.15) is 36.8 Å². The molecule has 11 heteroatoms. The SMILES string of the molecule is Cl.Cl.O=C(C[C@@H]1CCN2C[C@@H]1CCCOc1ccc(N3CCOCC3)cc1CNCC2=O)NCc1ccc(Cl)cc1.